The molecule has 0 spiro atoms. The van der Waals surface area contributed by atoms with E-state index in [1.807, 2.05) is 31.2 Å². The Morgan fingerprint density at radius 2 is 2.04 bits per heavy atom. The zero-order valence-corrected chi connectivity index (χ0v) is 12.7. The van der Waals surface area contributed by atoms with Gasteiger partial charge in [-0.1, -0.05) is 17.2 Å². The number of H-pyrrole nitrogens is 1. The van der Waals surface area contributed by atoms with Gasteiger partial charge in [-0.15, -0.1) is 0 Å². The highest BCUT2D eigenvalue weighted by Gasteiger charge is 2.15. The summed E-state index contributed by atoms with van der Waals surface area (Å²) in [6.45, 7) is 2.46. The van der Waals surface area contributed by atoms with Gasteiger partial charge < -0.3 is 8.97 Å². The molecule has 0 saturated heterocycles. The molecule has 0 fully saturated rings. The van der Waals surface area contributed by atoms with Crippen molar-refractivity contribution in [2.75, 3.05) is 5.32 Å². The minimum atomic E-state index is -0.399. The quantitative estimate of drug-likeness (QED) is 0.585. The van der Waals surface area contributed by atoms with Crippen molar-refractivity contribution >= 4 is 28.4 Å². The van der Waals surface area contributed by atoms with E-state index in [0.29, 0.717) is 17.6 Å². The summed E-state index contributed by atoms with van der Waals surface area (Å²) < 4.78 is 3.42. The Balaban J connectivity index is 1.92. The molecule has 0 aliphatic rings. The van der Waals surface area contributed by atoms with E-state index in [1.54, 1.807) is 21.2 Å². The zero-order valence-electron chi connectivity index (χ0n) is 12.7. The number of para-hydroxylation sites is 2. The number of amides is 1. The molecule has 4 aromatic rings. The van der Waals surface area contributed by atoms with E-state index >= 15 is 0 Å². The lowest BCUT2D eigenvalue weighted by Crippen LogP contribution is -2.21. The number of benzene rings is 1. The molecular weight excluding hydrogens is 310 g/mol. The monoisotopic (exact) mass is 323 g/mol. The number of tetrazole rings is 1. The smallest absolute Gasteiger partial charge is 0.275 e. The molecular formula is C15H13N7O2. The number of hydrogen-bond donors (Lipinski definition) is 2. The second-order valence-electron chi connectivity index (χ2n) is 5.23. The molecule has 3 aromatic heterocycles. The van der Waals surface area contributed by atoms with Crippen molar-refractivity contribution in [1.82, 2.24) is 29.6 Å². The van der Waals surface area contributed by atoms with Gasteiger partial charge in [0.2, 0.25) is 5.95 Å². The Kier molecular flexibility index (Phi) is 3.12. The lowest BCUT2D eigenvalue weighted by Gasteiger charge is -2.09. The number of nitrogens with zero attached hydrogens (tertiary/aromatic N) is 5. The van der Waals surface area contributed by atoms with Crippen molar-refractivity contribution in [3.8, 4) is 0 Å². The van der Waals surface area contributed by atoms with Crippen LogP contribution in [0.2, 0.25) is 0 Å². The molecule has 0 aliphatic heterocycles. The lowest BCUT2D eigenvalue weighted by atomic mass is 10.3. The van der Waals surface area contributed by atoms with Gasteiger partial charge in [0.1, 0.15) is 5.52 Å². The summed E-state index contributed by atoms with van der Waals surface area (Å²) in [5, 5.41) is 15.4. The van der Waals surface area contributed by atoms with Gasteiger partial charge in [-0.25, -0.2) is 5.10 Å². The average Bonchev–Trinajstić information content (AvgIpc) is 3.25. The molecule has 4 rings (SSSR count). The summed E-state index contributed by atoms with van der Waals surface area (Å²) in [5.41, 5.74) is 2.32. The number of aromatic amines is 1. The number of carbonyl (C=O) groups is 1. The molecule has 0 bridgehead atoms. The molecule has 0 saturated carbocycles. The fraction of sp³-hybridized carbons (Fsp3) is 0.133. The SMILES string of the molecule is CCn1c(=O)c2cc(C(=O)Nc3nnn[nH]3)cn2c2ccccc21. The first-order valence-electron chi connectivity index (χ1n) is 7.37. The molecule has 3 heterocycles. The first-order valence-corrected chi connectivity index (χ1v) is 7.37. The predicted molar refractivity (Wildman–Crippen MR) is 87.0 cm³/mol. The number of hydrogen-bond acceptors (Lipinski definition) is 5. The highest BCUT2D eigenvalue weighted by molar-refractivity contribution is 6.04. The van der Waals surface area contributed by atoms with Gasteiger partial charge in [-0.3, -0.25) is 14.9 Å². The van der Waals surface area contributed by atoms with Crippen molar-refractivity contribution in [3.05, 3.63) is 52.4 Å². The van der Waals surface area contributed by atoms with Gasteiger partial charge in [0.25, 0.3) is 11.5 Å². The normalized spacial score (nSPS) is 11.2. The molecule has 9 nitrogen and oxygen atoms in total. The van der Waals surface area contributed by atoms with Gasteiger partial charge in [-0.2, -0.15) is 0 Å². The van der Waals surface area contributed by atoms with E-state index in [-0.39, 0.29) is 11.5 Å². The first-order chi connectivity index (χ1) is 11.7. The minimum Gasteiger partial charge on any atom is -0.309 e. The summed E-state index contributed by atoms with van der Waals surface area (Å²) >= 11 is 0. The predicted octanol–water partition coefficient (Wildman–Crippen LogP) is 1.04. The van der Waals surface area contributed by atoms with Crippen LogP contribution in [0.25, 0.3) is 16.6 Å². The van der Waals surface area contributed by atoms with E-state index in [0.717, 1.165) is 11.0 Å². The van der Waals surface area contributed by atoms with E-state index in [9.17, 15) is 9.59 Å². The summed E-state index contributed by atoms with van der Waals surface area (Å²) in [6, 6.07) is 9.15. The third-order valence-electron chi connectivity index (χ3n) is 3.87. The largest absolute Gasteiger partial charge is 0.309 e. The van der Waals surface area contributed by atoms with Gasteiger partial charge >= 0.3 is 0 Å². The molecule has 0 atom stereocenters. The van der Waals surface area contributed by atoms with Crippen molar-refractivity contribution < 1.29 is 4.79 Å². The summed E-state index contributed by atoms with van der Waals surface area (Å²) in [4.78, 5) is 25.0. The third-order valence-corrected chi connectivity index (χ3v) is 3.87. The molecule has 1 aromatic carbocycles. The fourth-order valence-electron chi connectivity index (χ4n) is 2.80. The second kappa shape index (κ2) is 5.30. The van der Waals surface area contributed by atoms with Crippen molar-refractivity contribution in [1.29, 1.82) is 0 Å². The number of nitrogens with one attached hydrogen (secondary N) is 2. The maximum absolute atomic E-state index is 12.7. The highest BCUT2D eigenvalue weighted by Crippen LogP contribution is 2.17. The average molecular weight is 323 g/mol. The highest BCUT2D eigenvalue weighted by atomic mass is 16.2. The van der Waals surface area contributed by atoms with Gasteiger partial charge in [-0.05, 0) is 35.5 Å². The maximum Gasteiger partial charge on any atom is 0.275 e. The Bertz CT molecular complexity index is 1110. The second-order valence-corrected chi connectivity index (χ2v) is 5.23. The summed E-state index contributed by atoms with van der Waals surface area (Å²) in [5.74, 6) is -0.255. The van der Waals surface area contributed by atoms with Crippen LogP contribution in [0.4, 0.5) is 5.95 Å². The van der Waals surface area contributed by atoms with Crippen LogP contribution in [0.1, 0.15) is 17.3 Å². The van der Waals surface area contributed by atoms with Crippen molar-refractivity contribution in [2.45, 2.75) is 13.5 Å². The number of carbonyl (C=O) groups excluding carboxylic acids is 1. The number of aryl methyl sites for hydroxylation is 1. The van der Waals surface area contributed by atoms with E-state index < -0.39 is 5.91 Å². The Morgan fingerprint density at radius 1 is 1.25 bits per heavy atom. The van der Waals surface area contributed by atoms with Crippen LogP contribution in [-0.2, 0) is 6.54 Å². The Morgan fingerprint density at radius 3 is 2.75 bits per heavy atom. The van der Waals surface area contributed by atoms with Crippen molar-refractivity contribution in [3.63, 3.8) is 0 Å². The van der Waals surface area contributed by atoms with Crippen molar-refractivity contribution in [2.24, 2.45) is 0 Å². The molecule has 24 heavy (non-hydrogen) atoms. The Labute approximate surface area is 134 Å². The maximum atomic E-state index is 12.7. The van der Waals surface area contributed by atoms with E-state index in [1.165, 1.54) is 0 Å². The van der Waals surface area contributed by atoms with Crippen LogP contribution < -0.4 is 10.9 Å². The molecule has 2 N–H and O–H groups in total. The number of fused-ring (bicyclic) bond motifs is 3. The molecule has 0 radical (unpaired) electrons. The van der Waals surface area contributed by atoms with Crippen LogP contribution in [0.3, 0.4) is 0 Å². The fourth-order valence-corrected chi connectivity index (χ4v) is 2.80. The zero-order chi connectivity index (χ0) is 16.7. The van der Waals surface area contributed by atoms with Gasteiger partial charge in [0.15, 0.2) is 0 Å². The topological polar surface area (TPSA) is 110 Å². The molecule has 120 valence electrons. The summed E-state index contributed by atoms with van der Waals surface area (Å²) in [6.07, 6.45) is 1.64. The molecule has 1 amide bonds. The molecule has 0 aliphatic carbocycles. The van der Waals surface area contributed by atoms with E-state index in [4.69, 9.17) is 0 Å². The molecule has 0 unspecified atom stereocenters. The Hall–Kier alpha value is -3.49. The standard InChI is InChI=1S/C15H13N7O2/c1-2-21-10-5-3-4-6-11(10)22-8-9(7-12(22)14(21)24)13(23)16-15-17-19-20-18-15/h3-8H,2H2,1H3,(H2,16,17,18,19,20,23). The van der Waals surface area contributed by atoms with E-state index in [2.05, 4.69) is 25.9 Å². The number of anilines is 1. The van der Waals surface area contributed by atoms with Crippen LogP contribution >= 0.6 is 0 Å². The van der Waals surface area contributed by atoms with Crippen LogP contribution in [-0.4, -0.2) is 35.5 Å². The minimum absolute atomic E-state index is 0.142. The summed E-state index contributed by atoms with van der Waals surface area (Å²) in [7, 11) is 0. The molecule has 9 heteroatoms. The number of rotatable bonds is 3. The third kappa shape index (κ3) is 2.06. The van der Waals surface area contributed by atoms with Crippen LogP contribution in [0.15, 0.2) is 41.3 Å². The lowest BCUT2D eigenvalue weighted by molar-refractivity contribution is 0.102. The van der Waals surface area contributed by atoms with Gasteiger partial charge in [0.05, 0.1) is 16.6 Å². The van der Waals surface area contributed by atoms with Crippen LogP contribution in [0, 0.1) is 0 Å². The first kappa shape index (κ1) is 14.1. The van der Waals surface area contributed by atoms with Gasteiger partial charge in [0, 0.05) is 12.7 Å². The van der Waals surface area contributed by atoms with Crippen LogP contribution in [0.5, 0.6) is 0 Å². The number of aromatic nitrogens is 6.